The van der Waals surface area contributed by atoms with Gasteiger partial charge in [-0.15, -0.1) is 0 Å². The molecule has 148 valence electrons. The average Bonchev–Trinajstić information content (AvgIpc) is 3.33. The van der Waals surface area contributed by atoms with E-state index in [9.17, 15) is 14.4 Å². The summed E-state index contributed by atoms with van der Waals surface area (Å²) in [7, 11) is 3.17. The highest BCUT2D eigenvalue weighted by Gasteiger charge is 2.17. The maximum Gasteiger partial charge on any atom is 0.332 e. The topological polar surface area (TPSA) is 122 Å². The molecule has 4 rings (SSSR count). The molecule has 0 unspecified atom stereocenters. The summed E-state index contributed by atoms with van der Waals surface area (Å²) in [6.45, 7) is 0.0980. The van der Waals surface area contributed by atoms with Gasteiger partial charge in [0.1, 0.15) is 19.2 Å². The molecule has 3 heterocycles. The lowest BCUT2D eigenvalue weighted by atomic mass is 10.2. The van der Waals surface area contributed by atoms with Gasteiger partial charge in [-0.2, -0.15) is 5.10 Å². The minimum Gasteiger partial charge on any atom is -0.328 e. The number of fused-ring (bicyclic) bond motifs is 1. The number of nitrogens with zero attached hydrogens (tertiary/aromatic N) is 7. The number of benzene rings is 1. The Bertz CT molecular complexity index is 1310. The molecule has 11 heteroatoms. The smallest absolute Gasteiger partial charge is 0.328 e. The molecule has 11 nitrogen and oxygen atoms in total. The normalized spacial score (nSPS) is 11.1. The van der Waals surface area contributed by atoms with E-state index in [0.29, 0.717) is 12.2 Å². The largest absolute Gasteiger partial charge is 0.332 e. The van der Waals surface area contributed by atoms with Crippen LogP contribution in [0.4, 0.5) is 5.69 Å². The molecular formula is C18H18N8O3. The van der Waals surface area contributed by atoms with Gasteiger partial charge in [0.2, 0.25) is 5.91 Å². The number of hydrogen-bond donors (Lipinski definition) is 1. The van der Waals surface area contributed by atoms with Crippen LogP contribution in [0.25, 0.3) is 11.2 Å². The summed E-state index contributed by atoms with van der Waals surface area (Å²) in [6.07, 6.45) is 4.50. The quantitative estimate of drug-likeness (QED) is 0.497. The first-order valence-electron chi connectivity index (χ1n) is 8.76. The highest BCUT2D eigenvalue weighted by Crippen LogP contribution is 2.12. The van der Waals surface area contributed by atoms with E-state index in [1.54, 1.807) is 36.3 Å². The van der Waals surface area contributed by atoms with E-state index < -0.39 is 23.7 Å². The monoisotopic (exact) mass is 394 g/mol. The molecule has 1 N–H and O–H groups in total. The molecule has 0 fully saturated rings. The minimum atomic E-state index is -0.601. The maximum absolute atomic E-state index is 12.7. The van der Waals surface area contributed by atoms with Crippen molar-refractivity contribution >= 4 is 22.8 Å². The summed E-state index contributed by atoms with van der Waals surface area (Å²) >= 11 is 0. The van der Waals surface area contributed by atoms with Gasteiger partial charge >= 0.3 is 5.69 Å². The summed E-state index contributed by atoms with van der Waals surface area (Å²) < 4.78 is 5.34. The highest BCUT2D eigenvalue weighted by atomic mass is 16.2. The number of imidazole rings is 1. The summed E-state index contributed by atoms with van der Waals surface area (Å²) in [5.74, 6) is -0.483. The number of carbonyl (C=O) groups excluding carboxylic acids is 1. The zero-order valence-electron chi connectivity index (χ0n) is 15.8. The second-order valence-electron chi connectivity index (χ2n) is 6.60. The summed E-state index contributed by atoms with van der Waals surface area (Å²) in [5.41, 5.74) is 0.848. The Morgan fingerprint density at radius 3 is 2.76 bits per heavy atom. The number of nitrogens with one attached hydrogen (secondary N) is 1. The van der Waals surface area contributed by atoms with Crippen LogP contribution in [-0.2, 0) is 32.0 Å². The molecular weight excluding hydrogens is 376 g/mol. The van der Waals surface area contributed by atoms with E-state index in [2.05, 4.69) is 20.4 Å². The van der Waals surface area contributed by atoms with Crippen LogP contribution in [0.15, 0.2) is 52.8 Å². The van der Waals surface area contributed by atoms with E-state index in [1.807, 2.05) is 6.07 Å². The Hall–Kier alpha value is -4.02. The van der Waals surface area contributed by atoms with Gasteiger partial charge in [0, 0.05) is 19.8 Å². The van der Waals surface area contributed by atoms with Crippen molar-refractivity contribution in [2.75, 3.05) is 5.32 Å². The van der Waals surface area contributed by atoms with Crippen LogP contribution in [0, 0.1) is 0 Å². The number of hydrogen-bond acceptors (Lipinski definition) is 6. The average molecular weight is 394 g/mol. The number of rotatable bonds is 5. The first-order chi connectivity index (χ1) is 13.9. The fourth-order valence-electron chi connectivity index (χ4n) is 3.13. The van der Waals surface area contributed by atoms with E-state index in [0.717, 1.165) is 10.1 Å². The van der Waals surface area contributed by atoms with E-state index in [4.69, 9.17) is 0 Å². The van der Waals surface area contributed by atoms with Crippen LogP contribution in [-0.4, -0.2) is 39.4 Å². The van der Waals surface area contributed by atoms with Crippen molar-refractivity contribution in [1.29, 1.82) is 0 Å². The molecule has 0 atom stereocenters. The molecule has 0 aliphatic carbocycles. The van der Waals surface area contributed by atoms with Crippen molar-refractivity contribution in [3.8, 4) is 0 Å². The lowest BCUT2D eigenvalue weighted by Crippen LogP contribution is -2.42. The second kappa shape index (κ2) is 7.19. The van der Waals surface area contributed by atoms with Crippen LogP contribution in [0.3, 0.4) is 0 Å². The zero-order valence-corrected chi connectivity index (χ0v) is 15.8. The number of carbonyl (C=O) groups is 1. The molecule has 0 aliphatic rings. The SMILES string of the molecule is Cn1cnc2c1c(=O)n(CC(=O)Nc1cccc(Cn3cncn3)c1)c(=O)n2C. The van der Waals surface area contributed by atoms with Gasteiger partial charge < -0.3 is 9.88 Å². The van der Waals surface area contributed by atoms with Crippen LogP contribution in [0.2, 0.25) is 0 Å². The summed E-state index contributed by atoms with van der Waals surface area (Å²) in [6, 6.07) is 7.22. The van der Waals surface area contributed by atoms with Crippen molar-refractivity contribution in [1.82, 2.24) is 33.4 Å². The third kappa shape index (κ3) is 3.45. The van der Waals surface area contributed by atoms with Crippen molar-refractivity contribution in [3.63, 3.8) is 0 Å². The zero-order chi connectivity index (χ0) is 20.5. The van der Waals surface area contributed by atoms with Gasteiger partial charge in [0.25, 0.3) is 5.56 Å². The third-order valence-corrected chi connectivity index (χ3v) is 4.52. The first-order valence-corrected chi connectivity index (χ1v) is 8.76. The molecule has 0 radical (unpaired) electrons. The molecule has 0 saturated heterocycles. The fourth-order valence-corrected chi connectivity index (χ4v) is 3.13. The van der Waals surface area contributed by atoms with Crippen molar-refractivity contribution < 1.29 is 4.79 Å². The van der Waals surface area contributed by atoms with Crippen molar-refractivity contribution in [2.24, 2.45) is 14.1 Å². The molecule has 4 aromatic rings. The van der Waals surface area contributed by atoms with Gasteiger partial charge in [-0.05, 0) is 17.7 Å². The lowest BCUT2D eigenvalue weighted by molar-refractivity contribution is -0.116. The molecule has 0 saturated carbocycles. The minimum absolute atomic E-state index is 0.259. The van der Waals surface area contributed by atoms with Gasteiger partial charge in [0.15, 0.2) is 11.2 Å². The van der Waals surface area contributed by atoms with Crippen LogP contribution < -0.4 is 16.6 Å². The fraction of sp³-hybridized carbons (Fsp3) is 0.222. The third-order valence-electron chi connectivity index (χ3n) is 4.52. The molecule has 29 heavy (non-hydrogen) atoms. The summed E-state index contributed by atoms with van der Waals surface area (Å²) in [4.78, 5) is 45.7. The molecule has 0 aliphatic heterocycles. The number of aryl methyl sites for hydroxylation is 2. The van der Waals surface area contributed by atoms with Crippen LogP contribution >= 0.6 is 0 Å². The molecule has 1 amide bonds. The van der Waals surface area contributed by atoms with Gasteiger partial charge in [-0.3, -0.25) is 14.2 Å². The molecule has 0 bridgehead atoms. The number of anilines is 1. The Labute approximate surface area is 163 Å². The second-order valence-corrected chi connectivity index (χ2v) is 6.60. The number of amides is 1. The maximum atomic E-state index is 12.7. The van der Waals surface area contributed by atoms with Gasteiger partial charge in [-0.1, -0.05) is 12.1 Å². The van der Waals surface area contributed by atoms with E-state index in [-0.39, 0.29) is 11.2 Å². The Kier molecular flexibility index (Phi) is 4.55. The van der Waals surface area contributed by atoms with Gasteiger partial charge in [0.05, 0.1) is 12.9 Å². The van der Waals surface area contributed by atoms with Crippen molar-refractivity contribution in [2.45, 2.75) is 13.1 Å². The summed E-state index contributed by atoms with van der Waals surface area (Å²) in [5, 5.41) is 6.78. The van der Waals surface area contributed by atoms with Gasteiger partial charge in [-0.25, -0.2) is 24.0 Å². The van der Waals surface area contributed by atoms with E-state index in [1.165, 1.54) is 28.8 Å². The molecule has 0 spiro atoms. The molecule has 1 aromatic carbocycles. The lowest BCUT2D eigenvalue weighted by Gasteiger charge is -2.10. The highest BCUT2D eigenvalue weighted by molar-refractivity contribution is 5.90. The Balaban J connectivity index is 1.57. The first kappa shape index (κ1) is 18.3. The standard InChI is InChI=1S/C18H18N8O3/c1-23-11-20-16-15(23)17(28)26(18(29)24(16)2)8-14(27)22-13-5-3-4-12(6-13)7-25-10-19-9-21-25/h3-6,9-11H,7-8H2,1-2H3,(H,22,27). The van der Waals surface area contributed by atoms with E-state index >= 15 is 0 Å². The number of aromatic nitrogens is 7. The Morgan fingerprint density at radius 1 is 1.17 bits per heavy atom. The van der Waals surface area contributed by atoms with Crippen LogP contribution in [0.5, 0.6) is 0 Å². The van der Waals surface area contributed by atoms with Crippen molar-refractivity contribution in [3.05, 3.63) is 69.6 Å². The predicted octanol–water partition coefficient (Wildman–Crippen LogP) is -0.288. The predicted molar refractivity (Wildman–Crippen MR) is 104 cm³/mol. The molecule has 3 aromatic heterocycles. The van der Waals surface area contributed by atoms with Crippen LogP contribution in [0.1, 0.15) is 5.56 Å². The Morgan fingerprint density at radius 2 is 2.00 bits per heavy atom.